The molecule has 4 rings (SSSR count). The number of pyridine rings is 1. The maximum Gasteiger partial charge on any atom is 0.238 e. The van der Waals surface area contributed by atoms with E-state index in [1.165, 1.54) is 12.1 Å². The van der Waals surface area contributed by atoms with E-state index >= 15 is 0 Å². The maximum atomic E-state index is 13.0. The summed E-state index contributed by atoms with van der Waals surface area (Å²) in [5.41, 5.74) is 3.46. The van der Waals surface area contributed by atoms with E-state index in [9.17, 15) is 9.18 Å². The first-order chi connectivity index (χ1) is 15.0. The van der Waals surface area contributed by atoms with Crippen LogP contribution in [0, 0.1) is 12.7 Å². The van der Waals surface area contributed by atoms with Crippen LogP contribution in [0.4, 0.5) is 21.6 Å². The summed E-state index contributed by atoms with van der Waals surface area (Å²) in [6.07, 6.45) is 6.98. The summed E-state index contributed by atoms with van der Waals surface area (Å²) in [6.45, 7) is 3.90. The van der Waals surface area contributed by atoms with Gasteiger partial charge in [0.2, 0.25) is 5.91 Å². The first-order valence-corrected chi connectivity index (χ1v) is 10.3. The second kappa shape index (κ2) is 9.61. The molecule has 1 fully saturated rings. The Bertz CT molecular complexity index is 1030. The number of nitrogens with one attached hydrogen (secondary N) is 2. The number of amides is 1. The van der Waals surface area contributed by atoms with Crippen LogP contribution in [0.15, 0.2) is 55.0 Å². The van der Waals surface area contributed by atoms with Gasteiger partial charge in [0, 0.05) is 47.6 Å². The van der Waals surface area contributed by atoms with Crippen LogP contribution in [0.25, 0.3) is 0 Å². The quantitative estimate of drug-likeness (QED) is 0.630. The number of hydrogen-bond acceptors (Lipinski definition) is 6. The van der Waals surface area contributed by atoms with Crippen molar-refractivity contribution >= 4 is 23.1 Å². The number of aromatic nitrogens is 3. The van der Waals surface area contributed by atoms with Gasteiger partial charge < -0.3 is 10.6 Å². The normalized spacial score (nSPS) is 16.6. The third-order valence-electron chi connectivity index (χ3n) is 5.23. The molecule has 0 aliphatic carbocycles. The molecule has 160 valence electrons. The Balaban J connectivity index is 1.39. The lowest BCUT2D eigenvalue weighted by atomic mass is 9.93. The lowest BCUT2D eigenvalue weighted by Gasteiger charge is -2.32. The van der Waals surface area contributed by atoms with Crippen LogP contribution in [0.5, 0.6) is 0 Å². The number of benzene rings is 1. The molecule has 31 heavy (non-hydrogen) atoms. The zero-order valence-corrected chi connectivity index (χ0v) is 17.4. The Hall–Kier alpha value is -3.39. The van der Waals surface area contributed by atoms with Crippen LogP contribution in [0.2, 0.25) is 0 Å². The topological polar surface area (TPSA) is 83.0 Å². The van der Waals surface area contributed by atoms with Gasteiger partial charge in [-0.3, -0.25) is 19.7 Å². The Morgan fingerprint density at radius 2 is 2.03 bits per heavy atom. The Labute approximate surface area is 180 Å². The van der Waals surface area contributed by atoms with E-state index in [0.717, 1.165) is 43.0 Å². The number of nitrogens with zero attached hydrogens (tertiary/aromatic N) is 4. The predicted molar refractivity (Wildman–Crippen MR) is 118 cm³/mol. The van der Waals surface area contributed by atoms with Crippen molar-refractivity contribution in [3.63, 3.8) is 0 Å². The van der Waals surface area contributed by atoms with Crippen LogP contribution in [0.1, 0.15) is 30.1 Å². The van der Waals surface area contributed by atoms with Crippen LogP contribution in [0.3, 0.4) is 0 Å². The fourth-order valence-electron chi connectivity index (χ4n) is 3.86. The second-order valence-electron chi connectivity index (χ2n) is 7.77. The summed E-state index contributed by atoms with van der Waals surface area (Å²) in [4.78, 5) is 27.7. The van der Waals surface area contributed by atoms with E-state index in [-0.39, 0.29) is 17.6 Å². The minimum atomic E-state index is -0.323. The average molecular weight is 420 g/mol. The van der Waals surface area contributed by atoms with Crippen molar-refractivity contribution in [1.29, 1.82) is 0 Å². The molecule has 1 aliphatic rings. The molecule has 0 radical (unpaired) electrons. The number of hydrogen-bond donors (Lipinski definition) is 2. The summed E-state index contributed by atoms with van der Waals surface area (Å²) in [7, 11) is 0. The molecule has 0 bridgehead atoms. The highest BCUT2D eigenvalue weighted by molar-refractivity contribution is 5.92. The second-order valence-corrected chi connectivity index (χ2v) is 7.77. The van der Waals surface area contributed by atoms with Gasteiger partial charge in [-0.2, -0.15) is 0 Å². The van der Waals surface area contributed by atoms with Crippen LogP contribution in [-0.4, -0.2) is 45.4 Å². The highest BCUT2D eigenvalue weighted by Gasteiger charge is 2.24. The van der Waals surface area contributed by atoms with E-state index in [4.69, 9.17) is 4.98 Å². The molecule has 0 spiro atoms. The molecule has 3 heterocycles. The summed E-state index contributed by atoms with van der Waals surface area (Å²) >= 11 is 0. The highest BCUT2D eigenvalue weighted by Crippen LogP contribution is 2.28. The van der Waals surface area contributed by atoms with Crippen molar-refractivity contribution < 1.29 is 9.18 Å². The SMILES string of the molecule is Cc1cc(Nc2cnccn2)cc([C@H]2CCCN(CC(=O)Nc3ccc(F)cc3)C2)n1. The van der Waals surface area contributed by atoms with Gasteiger partial charge in [0.25, 0.3) is 0 Å². The number of carbonyl (C=O) groups excluding carboxylic acids is 1. The summed E-state index contributed by atoms with van der Waals surface area (Å²) in [6, 6.07) is 9.83. The van der Waals surface area contributed by atoms with Crippen molar-refractivity contribution in [3.8, 4) is 0 Å². The molecule has 7 nitrogen and oxygen atoms in total. The number of carbonyl (C=O) groups is 1. The third-order valence-corrected chi connectivity index (χ3v) is 5.23. The van der Waals surface area contributed by atoms with Crippen LogP contribution in [-0.2, 0) is 4.79 Å². The van der Waals surface area contributed by atoms with Gasteiger partial charge >= 0.3 is 0 Å². The lowest BCUT2D eigenvalue weighted by Crippen LogP contribution is -2.40. The maximum absolute atomic E-state index is 13.0. The molecule has 3 aromatic rings. The predicted octanol–water partition coefficient (Wildman–Crippen LogP) is 3.88. The number of likely N-dealkylation sites (tertiary alicyclic amines) is 1. The summed E-state index contributed by atoms with van der Waals surface area (Å²) in [5, 5.41) is 6.11. The van der Waals surface area contributed by atoms with Gasteiger partial charge in [-0.15, -0.1) is 0 Å². The average Bonchev–Trinajstić information content (AvgIpc) is 2.76. The number of halogens is 1. The van der Waals surface area contributed by atoms with Gasteiger partial charge in [-0.1, -0.05) is 0 Å². The van der Waals surface area contributed by atoms with Crippen LogP contribution >= 0.6 is 0 Å². The highest BCUT2D eigenvalue weighted by atomic mass is 19.1. The van der Waals surface area contributed by atoms with Crippen molar-refractivity contribution in [1.82, 2.24) is 19.9 Å². The van der Waals surface area contributed by atoms with Crippen molar-refractivity contribution in [2.75, 3.05) is 30.3 Å². The van der Waals surface area contributed by atoms with Gasteiger partial charge in [-0.05, 0) is 62.7 Å². The standard InChI is InChI=1S/C23H25FN6O/c1-16-11-20(28-22-13-25-8-9-26-22)12-21(27-16)17-3-2-10-30(14-17)15-23(31)29-19-6-4-18(24)5-7-19/h4-9,11-13,17H,2-3,10,14-15H2,1H3,(H,29,31)(H,26,27,28)/t17-/m0/s1. The molecular formula is C23H25FN6O. The molecule has 0 saturated carbocycles. The fourth-order valence-corrected chi connectivity index (χ4v) is 3.86. The van der Waals surface area contributed by atoms with E-state index in [1.807, 2.05) is 13.0 Å². The lowest BCUT2D eigenvalue weighted by molar-refractivity contribution is -0.117. The monoisotopic (exact) mass is 420 g/mol. The zero-order valence-electron chi connectivity index (χ0n) is 17.4. The molecule has 2 N–H and O–H groups in total. The molecule has 1 saturated heterocycles. The van der Waals surface area contributed by atoms with Crippen molar-refractivity contribution in [2.45, 2.75) is 25.7 Å². The van der Waals surface area contributed by atoms with Crippen molar-refractivity contribution in [3.05, 3.63) is 72.2 Å². The van der Waals surface area contributed by atoms with E-state index in [2.05, 4.69) is 31.6 Å². The number of rotatable bonds is 6. The smallest absolute Gasteiger partial charge is 0.238 e. The zero-order chi connectivity index (χ0) is 21.6. The molecule has 2 aromatic heterocycles. The molecular weight excluding hydrogens is 395 g/mol. The minimum Gasteiger partial charge on any atom is -0.339 e. The van der Waals surface area contributed by atoms with Gasteiger partial charge in [-0.25, -0.2) is 9.37 Å². The van der Waals surface area contributed by atoms with Gasteiger partial charge in [0.05, 0.1) is 12.7 Å². The van der Waals surface area contributed by atoms with E-state index in [0.29, 0.717) is 18.1 Å². The Kier molecular flexibility index (Phi) is 6.47. The summed E-state index contributed by atoms with van der Waals surface area (Å²) < 4.78 is 13.0. The first kappa shape index (κ1) is 20.9. The largest absolute Gasteiger partial charge is 0.339 e. The number of piperidine rings is 1. The third kappa shape index (κ3) is 5.82. The van der Waals surface area contributed by atoms with Crippen molar-refractivity contribution in [2.24, 2.45) is 0 Å². The van der Waals surface area contributed by atoms with E-state index in [1.54, 1.807) is 30.7 Å². The Morgan fingerprint density at radius 1 is 1.19 bits per heavy atom. The molecule has 1 aliphatic heterocycles. The number of aryl methyl sites for hydroxylation is 1. The molecule has 8 heteroatoms. The fraction of sp³-hybridized carbons (Fsp3) is 0.304. The molecule has 0 unspecified atom stereocenters. The molecule has 1 amide bonds. The van der Waals surface area contributed by atoms with E-state index < -0.39 is 0 Å². The molecule has 1 aromatic carbocycles. The molecule has 1 atom stereocenters. The van der Waals surface area contributed by atoms with Gasteiger partial charge in [0.1, 0.15) is 11.6 Å². The Morgan fingerprint density at radius 3 is 2.81 bits per heavy atom. The number of anilines is 3. The first-order valence-electron chi connectivity index (χ1n) is 10.3. The van der Waals surface area contributed by atoms with Gasteiger partial charge in [0.15, 0.2) is 0 Å². The minimum absolute atomic E-state index is 0.102. The summed E-state index contributed by atoms with van der Waals surface area (Å²) in [5.74, 6) is 0.502. The van der Waals surface area contributed by atoms with Crippen LogP contribution < -0.4 is 10.6 Å².